The number of allylic oxidation sites excluding steroid dienone is 4. The monoisotopic (exact) mass is 716 g/mol. The minimum absolute atomic E-state index is 0.0861. The van der Waals surface area contributed by atoms with Crippen LogP contribution in [0.5, 0.6) is 0 Å². The summed E-state index contributed by atoms with van der Waals surface area (Å²) in [6, 6.07) is 34.7. The quantitative estimate of drug-likeness (QED) is 0.154. The Kier molecular flexibility index (Phi) is 8.09. The minimum atomic E-state index is -2.82. The molecule has 0 unspecified atom stereocenters. The fourth-order valence-corrected chi connectivity index (χ4v) is 20.2. The number of hydrogen-bond acceptors (Lipinski definition) is 0. The summed E-state index contributed by atoms with van der Waals surface area (Å²) in [7, 11) is 0. The number of hydrogen-bond donors (Lipinski definition) is 0. The maximum absolute atomic E-state index is 2.82. The van der Waals surface area contributed by atoms with Crippen LogP contribution < -0.4 is 3.32 Å². The summed E-state index contributed by atoms with van der Waals surface area (Å²) in [6.07, 6.45) is 11.5. The third-order valence-corrected chi connectivity index (χ3v) is 20.3. The van der Waals surface area contributed by atoms with Crippen molar-refractivity contribution in [3.05, 3.63) is 146 Å². The van der Waals surface area contributed by atoms with E-state index in [9.17, 15) is 0 Å². The van der Waals surface area contributed by atoms with Gasteiger partial charge in [-0.25, -0.2) is 0 Å². The van der Waals surface area contributed by atoms with Crippen molar-refractivity contribution in [3.8, 4) is 11.1 Å². The molecule has 2 aliphatic carbocycles. The van der Waals surface area contributed by atoms with E-state index >= 15 is 0 Å². The molecular formula is C41H44Hf. The zero-order chi connectivity index (χ0) is 29.5. The van der Waals surface area contributed by atoms with Crippen LogP contribution in [0.25, 0.3) is 11.1 Å². The van der Waals surface area contributed by atoms with Gasteiger partial charge in [-0.05, 0) is 0 Å². The molecule has 6 rings (SSSR count). The standard InChI is InChI=1S/C21H25.C15H14.C5H5.Hf/c1-20(2,3)16-7-9-18-14(12-16)11-15-13-17(21(4,5)6)8-10-19(15)18;1-3-8-14(9-4-1)12-7-13-15-10-5-2-6-11-15;1-2-4-5-3-1;/h7-10,12H,11H2,1-6H3;1-6,8-11H,12-13H2;1-3H,4H2;. The Morgan fingerprint density at radius 2 is 1.31 bits per heavy atom. The van der Waals surface area contributed by atoms with Crippen LogP contribution in [0, 0.1) is 0 Å². The summed E-state index contributed by atoms with van der Waals surface area (Å²) in [5, 5.41) is 0. The van der Waals surface area contributed by atoms with E-state index in [4.69, 9.17) is 0 Å². The van der Waals surface area contributed by atoms with E-state index in [-0.39, 0.29) is 10.8 Å². The van der Waals surface area contributed by atoms with Crippen molar-refractivity contribution in [2.45, 2.75) is 78.1 Å². The predicted octanol–water partition coefficient (Wildman–Crippen LogP) is 9.60. The Bertz CT molecular complexity index is 1660. The molecule has 0 aromatic heterocycles. The van der Waals surface area contributed by atoms with Gasteiger partial charge >= 0.3 is 263 Å². The molecule has 0 spiro atoms. The van der Waals surface area contributed by atoms with Gasteiger partial charge in [-0.1, -0.05) is 0 Å². The Balaban J connectivity index is 1.63. The molecule has 0 heterocycles. The van der Waals surface area contributed by atoms with E-state index in [1.807, 2.05) is 0 Å². The first-order valence-electron chi connectivity index (χ1n) is 15.6. The second-order valence-electron chi connectivity index (χ2n) is 14.2. The molecule has 42 heavy (non-hydrogen) atoms. The van der Waals surface area contributed by atoms with E-state index in [0.29, 0.717) is 0 Å². The Morgan fingerprint density at radius 3 is 1.86 bits per heavy atom. The van der Waals surface area contributed by atoms with Crippen LogP contribution in [0.4, 0.5) is 0 Å². The predicted molar refractivity (Wildman–Crippen MR) is 179 cm³/mol. The van der Waals surface area contributed by atoms with Gasteiger partial charge in [0.2, 0.25) is 0 Å². The summed E-state index contributed by atoms with van der Waals surface area (Å²) < 4.78 is 5.32. The van der Waals surface area contributed by atoms with Crippen LogP contribution in [0.3, 0.4) is 0 Å². The fraction of sp³-hybridized carbons (Fsp3) is 0.293. The van der Waals surface area contributed by atoms with Crippen molar-refractivity contribution >= 4 is 6.58 Å². The van der Waals surface area contributed by atoms with Crippen LogP contribution in [0.15, 0.2) is 113 Å². The molecular weight excluding hydrogens is 671 g/mol. The van der Waals surface area contributed by atoms with E-state index in [2.05, 4.69) is 151 Å². The molecule has 0 fully saturated rings. The first-order valence-corrected chi connectivity index (χ1v) is 20.9. The normalized spacial score (nSPS) is 14.0. The van der Waals surface area contributed by atoms with E-state index < -0.39 is 21.0 Å². The molecule has 0 atom stereocenters. The summed E-state index contributed by atoms with van der Waals surface area (Å²) in [4.78, 5) is 0. The third-order valence-electron chi connectivity index (χ3n) is 8.97. The first-order chi connectivity index (χ1) is 20.1. The average Bonchev–Trinajstić information content (AvgIpc) is 3.61. The van der Waals surface area contributed by atoms with Crippen LogP contribution in [0.2, 0.25) is 0 Å². The van der Waals surface area contributed by atoms with Gasteiger partial charge in [0, 0.05) is 0 Å². The topological polar surface area (TPSA) is 0 Å². The zero-order valence-corrected chi connectivity index (χ0v) is 29.8. The van der Waals surface area contributed by atoms with Crippen molar-refractivity contribution < 1.29 is 21.0 Å². The molecule has 1 heteroatoms. The summed E-state index contributed by atoms with van der Waals surface area (Å²) in [5.41, 5.74) is 12.2. The van der Waals surface area contributed by atoms with Gasteiger partial charge in [-0.15, -0.1) is 0 Å². The van der Waals surface area contributed by atoms with Crippen LogP contribution in [-0.4, -0.2) is 3.26 Å². The number of rotatable bonds is 6. The van der Waals surface area contributed by atoms with Crippen molar-refractivity contribution in [2.75, 3.05) is 0 Å². The Labute approximate surface area is 261 Å². The molecule has 0 N–H and O–H groups in total. The Hall–Kier alpha value is -2.90. The molecule has 0 nitrogen and oxygen atoms in total. The van der Waals surface area contributed by atoms with Gasteiger partial charge in [0.25, 0.3) is 0 Å². The average molecular weight is 715 g/mol. The second kappa shape index (κ2) is 11.6. The van der Waals surface area contributed by atoms with Gasteiger partial charge < -0.3 is 0 Å². The van der Waals surface area contributed by atoms with Gasteiger partial charge in [0.15, 0.2) is 0 Å². The van der Waals surface area contributed by atoms with Gasteiger partial charge in [0.05, 0.1) is 0 Å². The molecule has 0 saturated carbocycles. The van der Waals surface area contributed by atoms with Crippen molar-refractivity contribution in [1.82, 2.24) is 0 Å². The molecule has 0 aliphatic heterocycles. The van der Waals surface area contributed by atoms with E-state index in [1.165, 1.54) is 33.4 Å². The molecule has 4 aromatic carbocycles. The van der Waals surface area contributed by atoms with Crippen molar-refractivity contribution in [2.24, 2.45) is 0 Å². The maximum atomic E-state index is 2.51. The van der Waals surface area contributed by atoms with Crippen LogP contribution >= 0.6 is 0 Å². The van der Waals surface area contributed by atoms with Crippen molar-refractivity contribution in [1.29, 1.82) is 0 Å². The van der Waals surface area contributed by atoms with Gasteiger partial charge in [-0.3, -0.25) is 0 Å². The fourth-order valence-electron chi connectivity index (χ4n) is 6.77. The molecule has 4 aromatic rings. The molecule has 212 valence electrons. The molecule has 0 amide bonds. The second-order valence-corrected chi connectivity index (χ2v) is 23.5. The number of benzene rings is 4. The molecule has 2 aliphatic rings. The molecule has 0 bridgehead atoms. The van der Waals surface area contributed by atoms with Crippen LogP contribution in [-0.2, 0) is 51.0 Å². The summed E-state index contributed by atoms with van der Waals surface area (Å²) >= 11 is -2.82. The van der Waals surface area contributed by atoms with Crippen molar-refractivity contribution in [3.63, 3.8) is 0 Å². The Morgan fingerprint density at radius 1 is 0.690 bits per heavy atom. The number of fused-ring (bicyclic) bond motifs is 3. The van der Waals surface area contributed by atoms with Gasteiger partial charge in [-0.2, -0.15) is 0 Å². The molecule has 0 radical (unpaired) electrons. The van der Waals surface area contributed by atoms with E-state index in [0.717, 1.165) is 25.7 Å². The van der Waals surface area contributed by atoms with E-state index in [1.54, 1.807) is 21.0 Å². The first kappa shape index (κ1) is 29.2. The third kappa shape index (κ3) is 5.96. The zero-order valence-electron chi connectivity index (χ0n) is 26.2. The van der Waals surface area contributed by atoms with Crippen LogP contribution in [0.1, 0.15) is 81.3 Å². The van der Waals surface area contributed by atoms with Gasteiger partial charge in [0.1, 0.15) is 0 Å². The molecule has 0 saturated heterocycles. The summed E-state index contributed by atoms with van der Waals surface area (Å²) in [6.45, 7) is 14.3. The summed E-state index contributed by atoms with van der Waals surface area (Å²) in [5.74, 6) is 0. The SMILES string of the molecule is CC(C)(C)c1ccc2c(c1)Cc1c-2ccc(C(C)(C)C)[c]1[Hf]([C]1=CC=CC1)=[C](Cc1ccccc1)Cc1ccccc1.